The summed E-state index contributed by atoms with van der Waals surface area (Å²) in [7, 11) is -3.79. The zero-order chi connectivity index (χ0) is 20.6. The first-order chi connectivity index (χ1) is 13.9. The van der Waals surface area contributed by atoms with Crippen molar-refractivity contribution in [2.75, 3.05) is 4.72 Å². The predicted octanol–water partition coefficient (Wildman–Crippen LogP) is 4.37. The number of halogens is 1. The molecule has 7 nitrogen and oxygen atoms in total. The first-order valence-electron chi connectivity index (χ1n) is 8.51. The molecule has 0 aliphatic rings. The molecule has 2 aromatic carbocycles. The molecule has 144 valence electrons. The minimum Gasteiger partial charge on any atom is -0.336 e. The average Bonchev–Trinajstić information content (AvgIpc) is 3.16. The smallest absolute Gasteiger partial charge is 0.261 e. The number of pyridine rings is 1. The van der Waals surface area contributed by atoms with Gasteiger partial charge in [-0.2, -0.15) is 5.26 Å². The molecule has 2 aromatic heterocycles. The molecular weight excluding hydrogens is 454 g/mol. The van der Waals surface area contributed by atoms with E-state index in [0.29, 0.717) is 17.2 Å². The number of sulfonamides is 1. The Kier molecular flexibility index (Phi) is 4.82. The van der Waals surface area contributed by atoms with Crippen LogP contribution in [0.5, 0.6) is 0 Å². The predicted molar refractivity (Wildman–Crippen MR) is 114 cm³/mol. The largest absolute Gasteiger partial charge is 0.336 e. The second-order valence-electron chi connectivity index (χ2n) is 6.34. The molecule has 0 atom stereocenters. The van der Waals surface area contributed by atoms with Crippen molar-refractivity contribution >= 4 is 42.8 Å². The second kappa shape index (κ2) is 7.31. The summed E-state index contributed by atoms with van der Waals surface area (Å²) >= 11 is 3.45. The van der Waals surface area contributed by atoms with Crippen molar-refractivity contribution in [1.82, 2.24) is 15.0 Å². The molecule has 9 heteroatoms. The van der Waals surface area contributed by atoms with Crippen molar-refractivity contribution < 1.29 is 8.42 Å². The lowest BCUT2D eigenvalue weighted by atomic mass is 10.2. The molecule has 0 saturated heterocycles. The molecule has 2 N–H and O–H groups in total. The molecular formula is C20H14BrN5O2S. The quantitative estimate of drug-likeness (QED) is 0.462. The minimum absolute atomic E-state index is 0.0324. The van der Waals surface area contributed by atoms with Gasteiger partial charge in [0.25, 0.3) is 10.0 Å². The number of aromatic amines is 1. The van der Waals surface area contributed by atoms with Gasteiger partial charge < -0.3 is 4.98 Å². The summed E-state index contributed by atoms with van der Waals surface area (Å²) in [6, 6.07) is 14.7. The Labute approximate surface area is 175 Å². The molecule has 4 rings (SSSR count). The monoisotopic (exact) mass is 467 g/mol. The minimum atomic E-state index is -3.79. The highest BCUT2D eigenvalue weighted by Gasteiger charge is 2.15. The van der Waals surface area contributed by atoms with E-state index in [0.717, 1.165) is 21.1 Å². The fourth-order valence-corrected chi connectivity index (χ4v) is 4.24. The molecule has 0 aliphatic carbocycles. The molecule has 0 saturated carbocycles. The Hall–Kier alpha value is -3.22. The van der Waals surface area contributed by atoms with Crippen molar-refractivity contribution in [1.29, 1.82) is 5.26 Å². The molecule has 2 heterocycles. The van der Waals surface area contributed by atoms with E-state index in [4.69, 9.17) is 5.26 Å². The Morgan fingerprint density at radius 1 is 1.17 bits per heavy atom. The standard InChI is InChI=1S/C20H14BrN5O2S/c1-12-17(21)11-23-20-18(12)24-19(25-20)14-5-7-15(8-6-14)26-29(27,28)16-4-2-3-13(9-16)10-22/h2-9,11,26H,1H3,(H,23,24,25). The first-order valence-corrected chi connectivity index (χ1v) is 10.8. The number of nitrogens with zero attached hydrogens (tertiary/aromatic N) is 3. The Bertz CT molecular complexity index is 1370. The van der Waals surface area contributed by atoms with E-state index in [1.54, 1.807) is 36.5 Å². The molecule has 0 bridgehead atoms. The summed E-state index contributed by atoms with van der Waals surface area (Å²) in [6.07, 6.45) is 1.71. The van der Waals surface area contributed by atoms with Crippen LogP contribution in [0.2, 0.25) is 0 Å². The highest BCUT2D eigenvalue weighted by atomic mass is 79.9. The molecule has 29 heavy (non-hydrogen) atoms. The van der Waals surface area contributed by atoms with Gasteiger partial charge in [0.1, 0.15) is 5.82 Å². The van der Waals surface area contributed by atoms with Crippen LogP contribution in [0.4, 0.5) is 5.69 Å². The zero-order valence-electron chi connectivity index (χ0n) is 15.1. The van der Waals surface area contributed by atoms with Gasteiger partial charge in [0.05, 0.1) is 22.0 Å². The van der Waals surface area contributed by atoms with Crippen LogP contribution >= 0.6 is 15.9 Å². The van der Waals surface area contributed by atoms with E-state index >= 15 is 0 Å². The van der Waals surface area contributed by atoms with Crippen LogP contribution in [0, 0.1) is 18.3 Å². The topological polar surface area (TPSA) is 112 Å². The molecule has 0 radical (unpaired) electrons. The number of fused-ring (bicyclic) bond motifs is 1. The number of rotatable bonds is 4. The number of nitriles is 1. The highest BCUT2D eigenvalue weighted by Crippen LogP contribution is 2.26. The van der Waals surface area contributed by atoms with E-state index in [1.807, 2.05) is 13.0 Å². The molecule has 0 amide bonds. The summed E-state index contributed by atoms with van der Waals surface area (Å²) in [5, 5.41) is 8.96. The molecule has 4 aromatic rings. The van der Waals surface area contributed by atoms with Gasteiger partial charge >= 0.3 is 0 Å². The van der Waals surface area contributed by atoms with Crippen molar-refractivity contribution in [3.05, 3.63) is 70.3 Å². The van der Waals surface area contributed by atoms with Gasteiger partial charge in [-0.1, -0.05) is 6.07 Å². The van der Waals surface area contributed by atoms with Crippen LogP contribution in [0.25, 0.3) is 22.6 Å². The summed E-state index contributed by atoms with van der Waals surface area (Å²) in [4.78, 5) is 12.1. The second-order valence-corrected chi connectivity index (χ2v) is 8.87. The third-order valence-corrected chi connectivity index (χ3v) is 6.58. The first kappa shape index (κ1) is 19.1. The van der Waals surface area contributed by atoms with Gasteiger partial charge in [-0.3, -0.25) is 4.72 Å². The van der Waals surface area contributed by atoms with E-state index in [9.17, 15) is 8.42 Å². The van der Waals surface area contributed by atoms with Crippen LogP contribution in [0.3, 0.4) is 0 Å². The Morgan fingerprint density at radius 3 is 2.66 bits per heavy atom. The van der Waals surface area contributed by atoms with Crippen LogP contribution < -0.4 is 4.72 Å². The number of anilines is 1. The maximum absolute atomic E-state index is 12.6. The average molecular weight is 468 g/mol. The Morgan fingerprint density at radius 2 is 1.93 bits per heavy atom. The molecule has 0 fully saturated rings. The van der Waals surface area contributed by atoms with Gasteiger partial charge in [-0.25, -0.2) is 18.4 Å². The van der Waals surface area contributed by atoms with E-state index < -0.39 is 10.0 Å². The summed E-state index contributed by atoms with van der Waals surface area (Å²) in [6.45, 7) is 1.97. The lowest BCUT2D eigenvalue weighted by Gasteiger charge is -2.08. The number of H-pyrrole nitrogens is 1. The van der Waals surface area contributed by atoms with Gasteiger partial charge in [-0.05, 0) is 70.9 Å². The fraction of sp³-hybridized carbons (Fsp3) is 0.0500. The number of aryl methyl sites for hydroxylation is 1. The number of imidazole rings is 1. The molecule has 0 unspecified atom stereocenters. The number of hydrogen-bond acceptors (Lipinski definition) is 5. The zero-order valence-corrected chi connectivity index (χ0v) is 17.5. The van der Waals surface area contributed by atoms with E-state index in [2.05, 4.69) is 35.6 Å². The Balaban J connectivity index is 1.61. The van der Waals surface area contributed by atoms with Gasteiger partial charge in [0.15, 0.2) is 5.65 Å². The van der Waals surface area contributed by atoms with Crippen LogP contribution in [0.15, 0.2) is 64.1 Å². The lowest BCUT2D eigenvalue weighted by molar-refractivity contribution is 0.601. The molecule has 0 aliphatic heterocycles. The third kappa shape index (κ3) is 3.72. The van der Waals surface area contributed by atoms with E-state index in [1.165, 1.54) is 18.2 Å². The van der Waals surface area contributed by atoms with Crippen LogP contribution in [-0.4, -0.2) is 23.4 Å². The van der Waals surface area contributed by atoms with Crippen molar-refractivity contribution in [3.63, 3.8) is 0 Å². The summed E-state index contributed by atoms with van der Waals surface area (Å²) < 4.78 is 28.5. The maximum Gasteiger partial charge on any atom is 0.261 e. The fourth-order valence-electron chi connectivity index (χ4n) is 2.83. The van der Waals surface area contributed by atoms with Gasteiger partial charge in [0, 0.05) is 21.9 Å². The number of nitrogens with one attached hydrogen (secondary N) is 2. The summed E-state index contributed by atoms with van der Waals surface area (Å²) in [5.74, 6) is 0.643. The maximum atomic E-state index is 12.6. The van der Waals surface area contributed by atoms with Crippen molar-refractivity contribution in [2.45, 2.75) is 11.8 Å². The van der Waals surface area contributed by atoms with Gasteiger partial charge in [0.2, 0.25) is 0 Å². The number of hydrogen-bond donors (Lipinski definition) is 2. The number of benzene rings is 2. The molecule has 0 spiro atoms. The van der Waals surface area contributed by atoms with Crippen molar-refractivity contribution in [2.24, 2.45) is 0 Å². The van der Waals surface area contributed by atoms with Crippen LogP contribution in [-0.2, 0) is 10.0 Å². The lowest BCUT2D eigenvalue weighted by Crippen LogP contribution is -2.13. The van der Waals surface area contributed by atoms with Crippen LogP contribution in [0.1, 0.15) is 11.1 Å². The third-order valence-electron chi connectivity index (χ3n) is 4.40. The van der Waals surface area contributed by atoms with E-state index in [-0.39, 0.29) is 10.5 Å². The van der Waals surface area contributed by atoms with Gasteiger partial charge in [-0.15, -0.1) is 0 Å². The normalized spacial score (nSPS) is 11.3. The SMILES string of the molecule is Cc1c(Br)cnc2nc(-c3ccc(NS(=O)(=O)c4cccc(C#N)c4)cc3)[nH]c12. The number of aromatic nitrogens is 3. The highest BCUT2D eigenvalue weighted by molar-refractivity contribution is 9.10. The van der Waals surface area contributed by atoms with Crippen molar-refractivity contribution in [3.8, 4) is 17.5 Å². The summed E-state index contributed by atoms with van der Waals surface area (Å²) in [5.41, 5.74) is 3.96.